The van der Waals surface area contributed by atoms with E-state index in [1.54, 1.807) is 0 Å². The number of nitrogens with zero attached hydrogens (tertiary/aromatic N) is 2. The van der Waals surface area contributed by atoms with Crippen molar-refractivity contribution in [2.24, 2.45) is 11.3 Å². The summed E-state index contributed by atoms with van der Waals surface area (Å²) in [6.45, 7) is 7.84. The van der Waals surface area contributed by atoms with Crippen molar-refractivity contribution < 1.29 is 17.9 Å². The monoisotopic (exact) mass is 373 g/mol. The van der Waals surface area contributed by atoms with Gasteiger partial charge in [-0.05, 0) is 51.6 Å². The maximum absolute atomic E-state index is 12.8. The van der Waals surface area contributed by atoms with Gasteiger partial charge in [0.05, 0.1) is 18.5 Å². The van der Waals surface area contributed by atoms with E-state index in [4.69, 9.17) is 4.74 Å². The Morgan fingerprint density at radius 3 is 2.44 bits per heavy atom. The molecule has 1 N–H and O–H groups in total. The number of sulfonamides is 1. The van der Waals surface area contributed by atoms with Gasteiger partial charge < -0.3 is 15.0 Å². The number of hydrogen-bond donors (Lipinski definition) is 1. The third-order valence-electron chi connectivity index (χ3n) is 5.82. The van der Waals surface area contributed by atoms with Crippen LogP contribution in [-0.4, -0.2) is 81.3 Å². The first-order valence-corrected chi connectivity index (χ1v) is 11.0. The van der Waals surface area contributed by atoms with Gasteiger partial charge in [-0.1, -0.05) is 0 Å². The minimum atomic E-state index is -3.30. The third kappa shape index (κ3) is 4.35. The van der Waals surface area contributed by atoms with Crippen molar-refractivity contribution >= 4 is 15.9 Å². The number of amides is 1. The first kappa shape index (κ1) is 19.1. The van der Waals surface area contributed by atoms with Gasteiger partial charge in [-0.2, -0.15) is 4.31 Å². The van der Waals surface area contributed by atoms with E-state index in [1.807, 2.05) is 18.7 Å². The molecule has 2 aliphatic heterocycles. The molecular weight excluding hydrogens is 342 g/mol. The normalized spacial score (nSPS) is 27.0. The Morgan fingerprint density at radius 1 is 1.20 bits per heavy atom. The molecule has 2 heterocycles. The Hall–Kier alpha value is -0.700. The van der Waals surface area contributed by atoms with Crippen molar-refractivity contribution in [1.29, 1.82) is 0 Å². The van der Waals surface area contributed by atoms with Crippen molar-refractivity contribution in [3.63, 3.8) is 0 Å². The molecule has 0 bridgehead atoms. The van der Waals surface area contributed by atoms with Gasteiger partial charge in [0, 0.05) is 32.1 Å². The zero-order valence-corrected chi connectivity index (χ0v) is 16.2. The Morgan fingerprint density at radius 2 is 1.84 bits per heavy atom. The number of carbonyl (C=O) groups excluding carboxylic acids is 1. The van der Waals surface area contributed by atoms with Crippen LogP contribution in [0.25, 0.3) is 0 Å². The molecule has 144 valence electrons. The van der Waals surface area contributed by atoms with Gasteiger partial charge in [0.1, 0.15) is 0 Å². The van der Waals surface area contributed by atoms with Crippen LogP contribution in [0.1, 0.15) is 33.1 Å². The molecule has 0 aromatic carbocycles. The lowest BCUT2D eigenvalue weighted by molar-refractivity contribution is -0.134. The molecule has 8 heteroatoms. The van der Waals surface area contributed by atoms with Crippen LogP contribution >= 0.6 is 0 Å². The van der Waals surface area contributed by atoms with Gasteiger partial charge >= 0.3 is 0 Å². The molecule has 1 spiro atoms. The summed E-state index contributed by atoms with van der Waals surface area (Å²) in [5, 5.41) is 3.36. The zero-order valence-electron chi connectivity index (χ0n) is 15.4. The predicted molar refractivity (Wildman–Crippen MR) is 95.7 cm³/mol. The van der Waals surface area contributed by atoms with Crippen molar-refractivity contribution in [1.82, 2.24) is 14.5 Å². The van der Waals surface area contributed by atoms with E-state index in [0.717, 1.165) is 32.4 Å². The second-order valence-corrected chi connectivity index (χ2v) is 9.92. The van der Waals surface area contributed by atoms with Crippen LogP contribution in [0, 0.1) is 11.3 Å². The lowest BCUT2D eigenvalue weighted by atomic mass is 9.91. The predicted octanol–water partition coefficient (Wildman–Crippen LogP) is 0.275. The highest BCUT2D eigenvalue weighted by molar-refractivity contribution is 7.89. The summed E-state index contributed by atoms with van der Waals surface area (Å²) < 4.78 is 31.6. The van der Waals surface area contributed by atoms with E-state index >= 15 is 0 Å². The average Bonchev–Trinajstić information content (AvgIpc) is 3.27. The molecule has 3 rings (SSSR count). The second kappa shape index (κ2) is 7.50. The highest BCUT2D eigenvalue weighted by Gasteiger charge is 2.58. The lowest BCUT2D eigenvalue weighted by Gasteiger charge is -2.35. The van der Waals surface area contributed by atoms with Crippen molar-refractivity contribution in [2.75, 3.05) is 51.6 Å². The van der Waals surface area contributed by atoms with Gasteiger partial charge in [0.25, 0.3) is 0 Å². The first-order chi connectivity index (χ1) is 11.8. The Labute approximate surface area is 151 Å². The quantitative estimate of drug-likeness (QED) is 0.723. The number of carbonyl (C=O) groups is 1. The average molecular weight is 374 g/mol. The van der Waals surface area contributed by atoms with Crippen molar-refractivity contribution in [2.45, 2.75) is 39.2 Å². The van der Waals surface area contributed by atoms with Gasteiger partial charge in [0.2, 0.25) is 15.9 Å². The Bertz CT molecular complexity index is 579. The Balaban J connectivity index is 1.46. The minimum Gasteiger partial charge on any atom is -0.378 e. The molecule has 0 aromatic heterocycles. The van der Waals surface area contributed by atoms with E-state index in [1.165, 1.54) is 4.31 Å². The number of rotatable bonds is 6. The van der Waals surface area contributed by atoms with E-state index in [0.29, 0.717) is 26.2 Å². The molecule has 25 heavy (non-hydrogen) atoms. The van der Waals surface area contributed by atoms with E-state index < -0.39 is 10.0 Å². The summed E-state index contributed by atoms with van der Waals surface area (Å²) in [7, 11) is -3.30. The molecule has 1 aliphatic carbocycles. The molecule has 1 atom stereocenters. The van der Waals surface area contributed by atoms with E-state index in [-0.39, 0.29) is 35.7 Å². The fourth-order valence-electron chi connectivity index (χ4n) is 4.10. The summed E-state index contributed by atoms with van der Waals surface area (Å²) in [6, 6.07) is 0. The highest BCUT2D eigenvalue weighted by Crippen LogP contribution is 2.59. The zero-order chi connectivity index (χ0) is 18.1. The summed E-state index contributed by atoms with van der Waals surface area (Å²) in [6.07, 6.45) is 3.23. The maximum Gasteiger partial charge on any atom is 0.226 e. The molecular formula is C17H31N3O4S. The minimum absolute atomic E-state index is 0.0118. The van der Waals surface area contributed by atoms with Crippen LogP contribution in [-0.2, 0) is 19.6 Å². The van der Waals surface area contributed by atoms with Crippen LogP contribution < -0.4 is 5.32 Å². The van der Waals surface area contributed by atoms with Gasteiger partial charge in [-0.3, -0.25) is 4.79 Å². The standard InChI is InChI=1S/C17H31N3O4S/c1-14(2)24-11-12-25(22,23)20-9-7-19(8-10-20)16(21)15-13-17(15)3-5-18-6-4-17/h14-15,18H,3-13H2,1-2H3. The highest BCUT2D eigenvalue weighted by atomic mass is 32.2. The molecule has 1 unspecified atom stereocenters. The van der Waals surface area contributed by atoms with Crippen LogP contribution in [0.4, 0.5) is 0 Å². The van der Waals surface area contributed by atoms with Crippen molar-refractivity contribution in [3.8, 4) is 0 Å². The summed E-state index contributed by atoms with van der Waals surface area (Å²) in [5.41, 5.74) is 0.236. The SMILES string of the molecule is CC(C)OCCS(=O)(=O)N1CCN(C(=O)C2CC23CCNCC3)CC1. The van der Waals surface area contributed by atoms with Crippen LogP contribution in [0.15, 0.2) is 0 Å². The summed E-state index contributed by atoms with van der Waals surface area (Å²) >= 11 is 0. The number of nitrogens with one attached hydrogen (secondary N) is 1. The first-order valence-electron chi connectivity index (χ1n) is 9.43. The molecule has 3 fully saturated rings. The summed E-state index contributed by atoms with van der Waals surface area (Å²) in [5.74, 6) is 0.414. The topological polar surface area (TPSA) is 79.0 Å². The molecule has 7 nitrogen and oxygen atoms in total. The Kier molecular flexibility index (Phi) is 5.72. The molecule has 2 saturated heterocycles. The fourth-order valence-corrected chi connectivity index (χ4v) is 5.38. The molecule has 0 aromatic rings. The smallest absolute Gasteiger partial charge is 0.226 e. The fraction of sp³-hybridized carbons (Fsp3) is 0.941. The largest absolute Gasteiger partial charge is 0.378 e. The van der Waals surface area contributed by atoms with Crippen LogP contribution in [0.3, 0.4) is 0 Å². The van der Waals surface area contributed by atoms with Gasteiger partial charge in [-0.25, -0.2) is 8.42 Å². The van der Waals surface area contributed by atoms with Gasteiger partial charge in [0.15, 0.2) is 0 Å². The van der Waals surface area contributed by atoms with Crippen LogP contribution in [0.2, 0.25) is 0 Å². The molecule has 3 aliphatic rings. The number of piperidine rings is 1. The molecule has 0 radical (unpaired) electrons. The number of ether oxygens (including phenoxy) is 1. The van der Waals surface area contributed by atoms with E-state index in [2.05, 4.69) is 5.32 Å². The molecule has 1 saturated carbocycles. The molecule has 1 amide bonds. The lowest BCUT2D eigenvalue weighted by Crippen LogP contribution is -2.52. The van der Waals surface area contributed by atoms with Gasteiger partial charge in [-0.15, -0.1) is 0 Å². The second-order valence-electron chi connectivity index (χ2n) is 7.83. The third-order valence-corrected chi connectivity index (χ3v) is 7.66. The number of hydrogen-bond acceptors (Lipinski definition) is 5. The number of piperazine rings is 1. The van der Waals surface area contributed by atoms with Crippen LogP contribution in [0.5, 0.6) is 0 Å². The summed E-state index contributed by atoms with van der Waals surface area (Å²) in [4.78, 5) is 14.6. The maximum atomic E-state index is 12.8. The van der Waals surface area contributed by atoms with Crippen molar-refractivity contribution in [3.05, 3.63) is 0 Å². The van der Waals surface area contributed by atoms with E-state index in [9.17, 15) is 13.2 Å².